The molecule has 2 aromatic rings. The Bertz CT molecular complexity index is 937. The van der Waals surface area contributed by atoms with Gasteiger partial charge in [-0.3, -0.25) is 0 Å². The normalized spacial score (nSPS) is 20.4. The van der Waals surface area contributed by atoms with Gasteiger partial charge in [0.25, 0.3) is 0 Å². The van der Waals surface area contributed by atoms with Crippen molar-refractivity contribution in [1.29, 1.82) is 0 Å². The summed E-state index contributed by atoms with van der Waals surface area (Å²) in [6, 6.07) is 8.72. The van der Waals surface area contributed by atoms with Gasteiger partial charge in [0.1, 0.15) is 5.82 Å². The van der Waals surface area contributed by atoms with Crippen LogP contribution in [0, 0.1) is 0 Å². The third-order valence-corrected chi connectivity index (χ3v) is 7.32. The van der Waals surface area contributed by atoms with Crippen LogP contribution >= 0.6 is 0 Å². The molecule has 184 valence electrons. The number of nitrogens with one attached hydrogen (secondary N) is 1. The van der Waals surface area contributed by atoms with Gasteiger partial charge in [0.05, 0.1) is 25.0 Å². The number of anilines is 2. The van der Waals surface area contributed by atoms with E-state index in [4.69, 9.17) is 14.7 Å². The Morgan fingerprint density at radius 1 is 1.03 bits per heavy atom. The third-order valence-electron chi connectivity index (χ3n) is 7.32. The topological polar surface area (TPSA) is 77.0 Å². The molecule has 0 bridgehead atoms. The van der Waals surface area contributed by atoms with Crippen molar-refractivity contribution >= 4 is 11.5 Å². The van der Waals surface area contributed by atoms with Gasteiger partial charge in [0.2, 0.25) is 0 Å². The Morgan fingerprint density at radius 2 is 1.79 bits per heavy atom. The molecular formula is C26H38N6O2. The van der Waals surface area contributed by atoms with Gasteiger partial charge < -0.3 is 29.9 Å². The second-order valence-electron chi connectivity index (χ2n) is 9.81. The van der Waals surface area contributed by atoms with Gasteiger partial charge in [-0.15, -0.1) is 0 Å². The Kier molecular flexibility index (Phi) is 7.59. The molecule has 3 aliphatic heterocycles. The zero-order valence-corrected chi connectivity index (χ0v) is 20.4. The molecule has 2 N–H and O–H groups in total. The van der Waals surface area contributed by atoms with Crippen LogP contribution in [0.3, 0.4) is 0 Å². The van der Waals surface area contributed by atoms with Crippen molar-refractivity contribution in [3.05, 3.63) is 35.5 Å². The summed E-state index contributed by atoms with van der Waals surface area (Å²) in [4.78, 5) is 17.1. The minimum absolute atomic E-state index is 0.115. The maximum absolute atomic E-state index is 9.70. The third kappa shape index (κ3) is 5.68. The molecule has 4 heterocycles. The van der Waals surface area contributed by atoms with Gasteiger partial charge >= 0.3 is 0 Å². The molecule has 1 aromatic heterocycles. The molecule has 0 spiro atoms. The number of benzene rings is 1. The minimum Gasteiger partial charge on any atom is -0.393 e. The summed E-state index contributed by atoms with van der Waals surface area (Å²) in [6.07, 6.45) is 3.54. The molecule has 0 saturated carbocycles. The summed E-state index contributed by atoms with van der Waals surface area (Å²) in [5.41, 5.74) is 4.53. The van der Waals surface area contributed by atoms with E-state index in [1.807, 2.05) is 0 Å². The van der Waals surface area contributed by atoms with E-state index >= 15 is 0 Å². The number of aliphatic hydroxyl groups is 1. The standard InChI is InChI=1S/C26H38N6O2/c1-30-14-16-32(17-15-30)21-5-3-20(4-6-21)25-28-24-9-18-34-19-23(24)26(29-25)27-10-2-11-31-12-7-22(33)8-13-31/h3-6,22,33H,2,7-19H2,1H3,(H,27,28,29). The number of hydrogen-bond acceptors (Lipinski definition) is 8. The highest BCUT2D eigenvalue weighted by Gasteiger charge is 2.20. The predicted molar refractivity (Wildman–Crippen MR) is 135 cm³/mol. The van der Waals surface area contributed by atoms with Gasteiger partial charge in [0, 0.05) is 69.0 Å². The summed E-state index contributed by atoms with van der Waals surface area (Å²) >= 11 is 0. The van der Waals surface area contributed by atoms with Crippen molar-refractivity contribution < 1.29 is 9.84 Å². The number of piperidine rings is 1. The molecule has 0 aliphatic carbocycles. The first-order chi connectivity index (χ1) is 16.7. The fourth-order valence-corrected chi connectivity index (χ4v) is 5.05. The number of piperazine rings is 1. The first-order valence-electron chi connectivity index (χ1n) is 12.8. The van der Waals surface area contributed by atoms with Crippen LogP contribution in [0.5, 0.6) is 0 Å². The van der Waals surface area contributed by atoms with Crippen LogP contribution < -0.4 is 10.2 Å². The first kappa shape index (κ1) is 23.5. The predicted octanol–water partition coefficient (Wildman–Crippen LogP) is 2.23. The average molecular weight is 467 g/mol. The lowest BCUT2D eigenvalue weighted by Crippen LogP contribution is -2.44. The molecular weight excluding hydrogens is 428 g/mol. The van der Waals surface area contributed by atoms with Crippen LogP contribution in [0.15, 0.2) is 24.3 Å². The largest absolute Gasteiger partial charge is 0.393 e. The molecule has 0 radical (unpaired) electrons. The Balaban J connectivity index is 1.25. The maximum atomic E-state index is 9.70. The number of aliphatic hydroxyl groups excluding tert-OH is 1. The minimum atomic E-state index is -0.115. The van der Waals surface area contributed by atoms with Crippen molar-refractivity contribution in [2.24, 2.45) is 0 Å². The monoisotopic (exact) mass is 466 g/mol. The van der Waals surface area contributed by atoms with E-state index in [0.29, 0.717) is 13.2 Å². The second kappa shape index (κ2) is 11.0. The van der Waals surface area contributed by atoms with Crippen LogP contribution in [0.2, 0.25) is 0 Å². The van der Waals surface area contributed by atoms with Crippen molar-refractivity contribution in [2.75, 3.05) is 76.2 Å². The van der Waals surface area contributed by atoms with E-state index in [2.05, 4.69) is 51.3 Å². The van der Waals surface area contributed by atoms with Crippen molar-refractivity contribution in [3.8, 4) is 11.4 Å². The average Bonchev–Trinajstić information content (AvgIpc) is 2.88. The molecule has 2 fully saturated rings. The van der Waals surface area contributed by atoms with Crippen molar-refractivity contribution in [3.63, 3.8) is 0 Å². The Labute approximate surface area is 202 Å². The number of aromatic nitrogens is 2. The number of nitrogens with zero attached hydrogens (tertiary/aromatic N) is 5. The molecule has 0 unspecified atom stereocenters. The molecule has 34 heavy (non-hydrogen) atoms. The van der Waals surface area contributed by atoms with Crippen LogP contribution in [0.1, 0.15) is 30.5 Å². The Hall–Kier alpha value is -2.26. The Morgan fingerprint density at radius 3 is 2.56 bits per heavy atom. The SMILES string of the molecule is CN1CCN(c2ccc(-c3nc4c(c(NCCCN5CCC(O)CC5)n3)COCC4)cc2)CC1. The molecule has 5 rings (SSSR count). The van der Waals surface area contributed by atoms with Gasteiger partial charge in [-0.25, -0.2) is 9.97 Å². The van der Waals surface area contributed by atoms with Crippen molar-refractivity contribution in [2.45, 2.75) is 38.4 Å². The quantitative estimate of drug-likeness (QED) is 0.602. The van der Waals surface area contributed by atoms with Gasteiger partial charge in [-0.05, 0) is 57.1 Å². The van der Waals surface area contributed by atoms with E-state index < -0.39 is 0 Å². The summed E-state index contributed by atoms with van der Waals surface area (Å²) in [5, 5.41) is 13.3. The molecule has 0 atom stereocenters. The van der Waals surface area contributed by atoms with Gasteiger partial charge in [-0.1, -0.05) is 0 Å². The zero-order valence-electron chi connectivity index (χ0n) is 20.4. The number of rotatable bonds is 7. The number of likely N-dealkylation sites (N-methyl/N-ethyl adjacent to an activating group) is 1. The highest BCUT2D eigenvalue weighted by atomic mass is 16.5. The van der Waals surface area contributed by atoms with E-state index in [1.165, 1.54) is 5.69 Å². The molecule has 2 saturated heterocycles. The van der Waals surface area contributed by atoms with Crippen LogP contribution in [0.4, 0.5) is 11.5 Å². The number of hydrogen-bond donors (Lipinski definition) is 2. The summed E-state index contributed by atoms with van der Waals surface area (Å²) in [7, 11) is 2.18. The fourth-order valence-electron chi connectivity index (χ4n) is 5.05. The number of ether oxygens (including phenoxy) is 1. The maximum Gasteiger partial charge on any atom is 0.161 e. The lowest BCUT2D eigenvalue weighted by Gasteiger charge is -2.34. The molecule has 3 aliphatic rings. The smallest absolute Gasteiger partial charge is 0.161 e. The van der Waals surface area contributed by atoms with Crippen LogP contribution in [0.25, 0.3) is 11.4 Å². The van der Waals surface area contributed by atoms with Gasteiger partial charge in [-0.2, -0.15) is 0 Å². The van der Waals surface area contributed by atoms with Crippen LogP contribution in [-0.4, -0.2) is 97.0 Å². The molecule has 8 heteroatoms. The molecule has 1 aromatic carbocycles. The van der Waals surface area contributed by atoms with E-state index in [1.54, 1.807) is 0 Å². The molecule has 0 amide bonds. The van der Waals surface area contributed by atoms with Crippen LogP contribution in [-0.2, 0) is 17.8 Å². The summed E-state index contributed by atoms with van der Waals surface area (Å²) in [6.45, 7) is 9.52. The molecule has 8 nitrogen and oxygen atoms in total. The number of fused-ring (bicyclic) bond motifs is 1. The zero-order chi connectivity index (χ0) is 23.3. The lowest BCUT2D eigenvalue weighted by molar-refractivity contribution is 0.0825. The highest BCUT2D eigenvalue weighted by molar-refractivity contribution is 5.63. The van der Waals surface area contributed by atoms with E-state index in [-0.39, 0.29) is 6.10 Å². The highest BCUT2D eigenvalue weighted by Crippen LogP contribution is 2.28. The number of likely N-dealkylation sites (tertiary alicyclic amines) is 1. The summed E-state index contributed by atoms with van der Waals surface area (Å²) in [5.74, 6) is 1.70. The van der Waals surface area contributed by atoms with Crippen molar-refractivity contribution in [1.82, 2.24) is 19.8 Å². The summed E-state index contributed by atoms with van der Waals surface area (Å²) < 4.78 is 5.72. The lowest BCUT2D eigenvalue weighted by atomic mass is 10.1. The second-order valence-corrected chi connectivity index (χ2v) is 9.81. The fraction of sp³-hybridized carbons (Fsp3) is 0.615. The van der Waals surface area contributed by atoms with E-state index in [0.717, 1.165) is 107 Å². The van der Waals surface area contributed by atoms with Gasteiger partial charge in [0.15, 0.2) is 5.82 Å². The van der Waals surface area contributed by atoms with E-state index in [9.17, 15) is 5.11 Å². The first-order valence-corrected chi connectivity index (χ1v) is 12.8.